The third-order valence-corrected chi connectivity index (χ3v) is 6.01. The van der Waals surface area contributed by atoms with Crippen molar-refractivity contribution >= 4 is 38.6 Å². The predicted octanol–water partition coefficient (Wildman–Crippen LogP) is 5.72. The van der Waals surface area contributed by atoms with E-state index in [0.29, 0.717) is 20.7 Å². The highest BCUT2D eigenvalue weighted by atomic mass is 79.9. The van der Waals surface area contributed by atoms with Crippen molar-refractivity contribution in [3.05, 3.63) is 90.5 Å². The minimum Gasteiger partial charge on any atom is -0.288 e. The summed E-state index contributed by atoms with van der Waals surface area (Å²) in [5.41, 5.74) is 4.11. The molecule has 2 aromatic heterocycles. The van der Waals surface area contributed by atoms with Gasteiger partial charge in [-0.25, -0.2) is 9.07 Å². The van der Waals surface area contributed by atoms with Crippen LogP contribution in [0.1, 0.15) is 22.4 Å². The highest BCUT2D eigenvalue weighted by Gasteiger charge is 2.19. The number of hydrogen-bond donors (Lipinski definition) is 0. The van der Waals surface area contributed by atoms with Crippen LogP contribution in [0.4, 0.5) is 4.39 Å². The molecule has 0 spiro atoms. The molecule has 4 aromatic rings. The van der Waals surface area contributed by atoms with E-state index in [1.54, 1.807) is 27.4 Å². The first-order valence-electron chi connectivity index (χ1n) is 9.07. The van der Waals surface area contributed by atoms with E-state index in [4.69, 9.17) is 16.7 Å². The Balaban J connectivity index is 2.04. The van der Waals surface area contributed by atoms with Crippen molar-refractivity contribution in [2.75, 3.05) is 0 Å². The minimum atomic E-state index is -0.373. The van der Waals surface area contributed by atoms with Crippen LogP contribution in [0.25, 0.3) is 16.7 Å². The Morgan fingerprint density at radius 1 is 1.14 bits per heavy atom. The fraction of sp³-hybridized carbons (Fsp3) is 0.182. The summed E-state index contributed by atoms with van der Waals surface area (Å²) in [6.07, 6.45) is 0. The standard InChI is InChI=1S/C22H18BrClFN3O/c1-12-9-20(29)27(11-15-7-8-16(23)10-18(15)25)22-21(12)14(3)26-28(22)19-6-4-5-17(24)13(19)2/h4-10H,11H2,1-3H3. The van der Waals surface area contributed by atoms with Crippen LogP contribution in [0.15, 0.2) is 51.7 Å². The molecule has 29 heavy (non-hydrogen) atoms. The van der Waals surface area contributed by atoms with E-state index in [0.717, 1.165) is 27.9 Å². The first kappa shape index (κ1) is 19.9. The van der Waals surface area contributed by atoms with Crippen molar-refractivity contribution in [2.45, 2.75) is 27.3 Å². The first-order chi connectivity index (χ1) is 13.8. The lowest BCUT2D eigenvalue weighted by atomic mass is 10.1. The highest BCUT2D eigenvalue weighted by molar-refractivity contribution is 9.10. The molecule has 2 aromatic carbocycles. The molecule has 0 fully saturated rings. The van der Waals surface area contributed by atoms with E-state index >= 15 is 0 Å². The maximum atomic E-state index is 14.5. The lowest BCUT2D eigenvalue weighted by Gasteiger charge is -2.14. The Morgan fingerprint density at radius 3 is 2.62 bits per heavy atom. The number of fused-ring (bicyclic) bond motifs is 1. The smallest absolute Gasteiger partial charge is 0.252 e. The Morgan fingerprint density at radius 2 is 1.90 bits per heavy atom. The van der Waals surface area contributed by atoms with Crippen LogP contribution in [0.2, 0.25) is 5.02 Å². The van der Waals surface area contributed by atoms with Crippen LogP contribution in [-0.2, 0) is 6.54 Å². The molecular formula is C22H18BrClFN3O. The van der Waals surface area contributed by atoms with Crippen molar-refractivity contribution in [1.29, 1.82) is 0 Å². The third kappa shape index (κ3) is 3.40. The Kier molecular flexibility index (Phi) is 5.09. The van der Waals surface area contributed by atoms with Gasteiger partial charge in [-0.2, -0.15) is 5.10 Å². The van der Waals surface area contributed by atoms with E-state index in [1.807, 2.05) is 39.0 Å². The number of nitrogens with zero attached hydrogens (tertiary/aromatic N) is 3. The van der Waals surface area contributed by atoms with Crippen LogP contribution in [-0.4, -0.2) is 14.3 Å². The molecule has 0 bridgehead atoms. The molecule has 4 rings (SSSR count). The van der Waals surface area contributed by atoms with Gasteiger partial charge in [0.25, 0.3) is 5.56 Å². The summed E-state index contributed by atoms with van der Waals surface area (Å²) < 4.78 is 18.5. The van der Waals surface area contributed by atoms with Crippen molar-refractivity contribution < 1.29 is 4.39 Å². The van der Waals surface area contributed by atoms with Crippen molar-refractivity contribution in [3.63, 3.8) is 0 Å². The van der Waals surface area contributed by atoms with Crippen LogP contribution in [0, 0.1) is 26.6 Å². The topological polar surface area (TPSA) is 39.8 Å². The molecule has 0 saturated heterocycles. The summed E-state index contributed by atoms with van der Waals surface area (Å²) in [5, 5.41) is 6.19. The molecule has 148 valence electrons. The molecule has 7 heteroatoms. The summed E-state index contributed by atoms with van der Waals surface area (Å²) in [7, 11) is 0. The zero-order valence-corrected chi connectivity index (χ0v) is 18.5. The Labute approximate surface area is 180 Å². The fourth-order valence-electron chi connectivity index (χ4n) is 3.63. The number of halogens is 3. The molecule has 0 aliphatic carbocycles. The summed E-state index contributed by atoms with van der Waals surface area (Å²) in [4.78, 5) is 12.9. The number of hydrogen-bond acceptors (Lipinski definition) is 2. The van der Waals surface area contributed by atoms with Crippen molar-refractivity contribution in [1.82, 2.24) is 14.3 Å². The average molecular weight is 475 g/mol. The number of aryl methyl sites for hydroxylation is 2. The monoisotopic (exact) mass is 473 g/mol. The largest absolute Gasteiger partial charge is 0.288 e. The molecule has 4 nitrogen and oxygen atoms in total. The summed E-state index contributed by atoms with van der Waals surface area (Å²) in [6, 6.07) is 12.0. The van der Waals surface area contributed by atoms with Gasteiger partial charge in [-0.1, -0.05) is 39.7 Å². The molecular weight excluding hydrogens is 457 g/mol. The second-order valence-electron chi connectivity index (χ2n) is 7.07. The van der Waals surface area contributed by atoms with E-state index < -0.39 is 0 Å². The molecule has 0 amide bonds. The average Bonchev–Trinajstić information content (AvgIpc) is 3.00. The van der Waals surface area contributed by atoms with Gasteiger partial charge >= 0.3 is 0 Å². The number of aromatic nitrogens is 3. The second kappa shape index (κ2) is 7.43. The van der Waals surface area contributed by atoms with Gasteiger partial charge in [0.05, 0.1) is 17.9 Å². The zero-order valence-electron chi connectivity index (χ0n) is 16.1. The second-order valence-corrected chi connectivity index (χ2v) is 8.39. The molecule has 0 unspecified atom stereocenters. The van der Waals surface area contributed by atoms with E-state index in [-0.39, 0.29) is 17.9 Å². The minimum absolute atomic E-state index is 0.0967. The Hall–Kier alpha value is -2.44. The van der Waals surface area contributed by atoms with Gasteiger partial charge in [-0.05, 0) is 56.2 Å². The SMILES string of the molecule is Cc1c(Cl)cccc1-n1nc(C)c2c(C)cc(=O)n(Cc3ccc(Br)cc3F)c21. The van der Waals surface area contributed by atoms with Crippen LogP contribution in [0.5, 0.6) is 0 Å². The number of rotatable bonds is 3. The first-order valence-corrected chi connectivity index (χ1v) is 10.2. The summed E-state index contributed by atoms with van der Waals surface area (Å²) in [5.74, 6) is -0.373. The van der Waals surface area contributed by atoms with Crippen LogP contribution >= 0.6 is 27.5 Å². The maximum Gasteiger partial charge on any atom is 0.252 e. The zero-order chi connectivity index (χ0) is 20.9. The van der Waals surface area contributed by atoms with Gasteiger partial charge in [0.2, 0.25) is 0 Å². The predicted molar refractivity (Wildman–Crippen MR) is 118 cm³/mol. The highest BCUT2D eigenvalue weighted by Crippen LogP contribution is 2.28. The lowest BCUT2D eigenvalue weighted by Crippen LogP contribution is -2.23. The Bertz CT molecular complexity index is 1330. The van der Waals surface area contributed by atoms with Crippen molar-refractivity contribution in [3.8, 4) is 5.69 Å². The van der Waals surface area contributed by atoms with Gasteiger partial charge < -0.3 is 0 Å². The molecule has 0 aliphatic heterocycles. The van der Waals surface area contributed by atoms with Gasteiger partial charge in [0, 0.05) is 26.5 Å². The summed E-state index contributed by atoms with van der Waals surface area (Å²) >= 11 is 9.60. The maximum absolute atomic E-state index is 14.5. The van der Waals surface area contributed by atoms with Crippen molar-refractivity contribution in [2.24, 2.45) is 0 Å². The van der Waals surface area contributed by atoms with Crippen LogP contribution in [0.3, 0.4) is 0 Å². The molecule has 0 atom stereocenters. The van der Waals surface area contributed by atoms with E-state index in [9.17, 15) is 9.18 Å². The molecule has 0 saturated carbocycles. The van der Waals surface area contributed by atoms with Gasteiger partial charge in [-0.3, -0.25) is 9.36 Å². The normalized spacial score (nSPS) is 11.4. The molecule has 2 heterocycles. The van der Waals surface area contributed by atoms with Crippen LogP contribution < -0.4 is 5.56 Å². The lowest BCUT2D eigenvalue weighted by molar-refractivity contribution is 0.596. The molecule has 0 radical (unpaired) electrons. The van der Waals surface area contributed by atoms with Gasteiger partial charge in [-0.15, -0.1) is 0 Å². The molecule has 0 N–H and O–H groups in total. The number of benzene rings is 2. The quantitative estimate of drug-likeness (QED) is 0.381. The van der Waals surface area contributed by atoms with E-state index in [2.05, 4.69) is 15.9 Å². The fourth-order valence-corrected chi connectivity index (χ4v) is 4.13. The third-order valence-electron chi connectivity index (χ3n) is 5.10. The van der Waals surface area contributed by atoms with Gasteiger partial charge in [0.1, 0.15) is 11.5 Å². The van der Waals surface area contributed by atoms with E-state index in [1.165, 1.54) is 6.07 Å². The van der Waals surface area contributed by atoms with Gasteiger partial charge in [0.15, 0.2) is 0 Å². The molecule has 0 aliphatic rings. The summed E-state index contributed by atoms with van der Waals surface area (Å²) in [6.45, 7) is 5.80. The number of pyridine rings is 1.